The lowest BCUT2D eigenvalue weighted by atomic mass is 10.1. The van der Waals surface area contributed by atoms with Crippen LogP contribution in [0, 0.1) is 11.7 Å². The molecule has 1 aliphatic carbocycles. The van der Waals surface area contributed by atoms with E-state index in [9.17, 15) is 4.39 Å². The van der Waals surface area contributed by atoms with Gasteiger partial charge in [0.05, 0.1) is 0 Å². The molecule has 0 heterocycles. The van der Waals surface area contributed by atoms with E-state index in [0.29, 0.717) is 12.6 Å². The molecule has 1 fully saturated rings. The average molecular weight is 250 g/mol. The van der Waals surface area contributed by atoms with Crippen LogP contribution in [0.15, 0.2) is 24.3 Å². The second-order valence-corrected chi connectivity index (χ2v) is 5.29. The predicted molar refractivity (Wildman–Crippen MR) is 72.9 cm³/mol. The highest BCUT2D eigenvalue weighted by Crippen LogP contribution is 2.33. The Morgan fingerprint density at radius 2 is 2.11 bits per heavy atom. The van der Waals surface area contributed by atoms with Gasteiger partial charge in [0.25, 0.3) is 0 Å². The summed E-state index contributed by atoms with van der Waals surface area (Å²) in [6.07, 6.45) is 2.68. The van der Waals surface area contributed by atoms with Crippen LogP contribution < -0.4 is 5.32 Å². The average Bonchev–Trinajstić information content (AvgIpc) is 3.16. The van der Waals surface area contributed by atoms with Gasteiger partial charge >= 0.3 is 0 Å². The summed E-state index contributed by atoms with van der Waals surface area (Å²) in [5.74, 6) is 0.726. The van der Waals surface area contributed by atoms with Crippen molar-refractivity contribution in [3.05, 3.63) is 35.6 Å². The fourth-order valence-electron chi connectivity index (χ4n) is 2.46. The van der Waals surface area contributed by atoms with Gasteiger partial charge in [0.1, 0.15) is 5.82 Å². The van der Waals surface area contributed by atoms with E-state index in [4.69, 9.17) is 0 Å². The smallest absolute Gasteiger partial charge is 0.127 e. The minimum Gasteiger partial charge on any atom is -0.313 e. The number of rotatable bonds is 7. The summed E-state index contributed by atoms with van der Waals surface area (Å²) in [4.78, 5) is 2.21. The lowest BCUT2D eigenvalue weighted by molar-refractivity contribution is 0.266. The summed E-state index contributed by atoms with van der Waals surface area (Å²) < 4.78 is 13.6. The molecule has 1 aromatic carbocycles. The van der Waals surface area contributed by atoms with Crippen molar-refractivity contribution in [2.45, 2.75) is 32.4 Å². The van der Waals surface area contributed by atoms with Crippen molar-refractivity contribution in [3.8, 4) is 0 Å². The number of halogens is 1. The highest BCUT2D eigenvalue weighted by atomic mass is 19.1. The van der Waals surface area contributed by atoms with Gasteiger partial charge in [-0.25, -0.2) is 4.39 Å². The third kappa shape index (κ3) is 3.79. The predicted octanol–water partition coefficient (Wildman–Crippen LogP) is 2.65. The van der Waals surface area contributed by atoms with Crippen LogP contribution in [0.1, 0.15) is 25.3 Å². The van der Waals surface area contributed by atoms with Gasteiger partial charge in [0.15, 0.2) is 0 Å². The Labute approximate surface area is 109 Å². The normalized spacial score (nSPS) is 17.1. The van der Waals surface area contributed by atoms with E-state index in [1.54, 1.807) is 6.07 Å². The molecule has 1 saturated carbocycles. The molecular weight excluding hydrogens is 227 g/mol. The monoisotopic (exact) mass is 250 g/mol. The van der Waals surface area contributed by atoms with Gasteiger partial charge in [-0.05, 0) is 38.4 Å². The van der Waals surface area contributed by atoms with Gasteiger partial charge in [-0.3, -0.25) is 0 Å². The molecule has 0 amide bonds. The lowest BCUT2D eigenvalue weighted by Crippen LogP contribution is -2.40. The van der Waals surface area contributed by atoms with Crippen molar-refractivity contribution in [2.24, 2.45) is 5.92 Å². The highest BCUT2D eigenvalue weighted by Gasteiger charge is 2.31. The molecule has 100 valence electrons. The van der Waals surface area contributed by atoms with Crippen molar-refractivity contribution in [2.75, 3.05) is 20.1 Å². The number of hydrogen-bond acceptors (Lipinski definition) is 2. The zero-order valence-corrected chi connectivity index (χ0v) is 11.3. The molecule has 0 spiro atoms. The first kappa shape index (κ1) is 13.5. The van der Waals surface area contributed by atoms with Crippen molar-refractivity contribution in [3.63, 3.8) is 0 Å². The maximum absolute atomic E-state index is 13.6. The van der Waals surface area contributed by atoms with Crippen LogP contribution in [-0.2, 0) is 6.54 Å². The van der Waals surface area contributed by atoms with E-state index < -0.39 is 0 Å². The maximum atomic E-state index is 13.6. The topological polar surface area (TPSA) is 15.3 Å². The number of likely N-dealkylation sites (N-methyl/N-ethyl adjacent to an activating group) is 2. The van der Waals surface area contributed by atoms with Crippen molar-refractivity contribution < 1.29 is 4.39 Å². The van der Waals surface area contributed by atoms with Gasteiger partial charge in [-0.15, -0.1) is 0 Å². The molecule has 0 aromatic heterocycles. The van der Waals surface area contributed by atoms with Crippen LogP contribution in [0.5, 0.6) is 0 Å². The first-order valence-corrected chi connectivity index (χ1v) is 6.86. The Morgan fingerprint density at radius 3 is 2.72 bits per heavy atom. The molecule has 0 bridgehead atoms. The van der Waals surface area contributed by atoms with Crippen molar-refractivity contribution >= 4 is 0 Å². The molecule has 1 atom stereocenters. The van der Waals surface area contributed by atoms with Crippen LogP contribution in [-0.4, -0.2) is 31.1 Å². The van der Waals surface area contributed by atoms with Crippen LogP contribution in [0.4, 0.5) is 4.39 Å². The van der Waals surface area contributed by atoms with Crippen LogP contribution in [0.3, 0.4) is 0 Å². The molecular formula is C15H23FN2. The minimum atomic E-state index is -0.101. The Bertz CT molecular complexity index is 377. The molecule has 2 nitrogen and oxygen atoms in total. The molecule has 0 saturated heterocycles. The fourth-order valence-corrected chi connectivity index (χ4v) is 2.46. The summed E-state index contributed by atoms with van der Waals surface area (Å²) in [6.45, 7) is 4.83. The molecule has 0 radical (unpaired) electrons. The summed E-state index contributed by atoms with van der Waals surface area (Å²) in [6, 6.07) is 7.60. The van der Waals surface area contributed by atoms with Gasteiger partial charge in [-0.1, -0.05) is 25.1 Å². The summed E-state index contributed by atoms with van der Waals surface area (Å²) in [5.41, 5.74) is 0.783. The number of nitrogens with one attached hydrogen (secondary N) is 1. The molecule has 1 aliphatic rings. The molecule has 0 aliphatic heterocycles. The van der Waals surface area contributed by atoms with Crippen LogP contribution in [0.2, 0.25) is 0 Å². The first-order valence-electron chi connectivity index (χ1n) is 6.86. The third-order valence-electron chi connectivity index (χ3n) is 3.56. The standard InChI is InChI=1S/C15H23FN2/c1-3-17-15(12-8-9-12)11-18(2)10-13-6-4-5-7-14(13)16/h4-7,12,15,17H,3,8-11H2,1-2H3. The van der Waals surface area contributed by atoms with E-state index in [-0.39, 0.29) is 5.82 Å². The van der Waals surface area contributed by atoms with E-state index >= 15 is 0 Å². The lowest BCUT2D eigenvalue weighted by Gasteiger charge is -2.24. The Morgan fingerprint density at radius 1 is 1.39 bits per heavy atom. The van der Waals surface area contributed by atoms with Crippen molar-refractivity contribution in [1.82, 2.24) is 10.2 Å². The largest absolute Gasteiger partial charge is 0.313 e. The summed E-state index contributed by atoms with van der Waals surface area (Å²) >= 11 is 0. The Hall–Kier alpha value is -0.930. The number of hydrogen-bond donors (Lipinski definition) is 1. The van der Waals surface area contributed by atoms with E-state index in [1.165, 1.54) is 18.9 Å². The molecule has 1 N–H and O–H groups in total. The molecule has 18 heavy (non-hydrogen) atoms. The summed E-state index contributed by atoms with van der Waals surface area (Å²) in [5, 5.41) is 3.54. The number of benzene rings is 1. The quantitative estimate of drug-likeness (QED) is 0.800. The number of nitrogens with zero attached hydrogens (tertiary/aromatic N) is 1. The molecule has 1 unspecified atom stereocenters. The maximum Gasteiger partial charge on any atom is 0.127 e. The fraction of sp³-hybridized carbons (Fsp3) is 0.600. The van der Waals surface area contributed by atoms with Gasteiger partial charge in [0.2, 0.25) is 0 Å². The Kier molecular flexibility index (Phi) is 4.72. The first-order chi connectivity index (χ1) is 8.70. The second kappa shape index (κ2) is 6.30. The van der Waals surface area contributed by atoms with E-state index in [0.717, 1.165) is 24.6 Å². The summed E-state index contributed by atoms with van der Waals surface area (Å²) in [7, 11) is 2.07. The zero-order chi connectivity index (χ0) is 13.0. The molecule has 3 heteroatoms. The highest BCUT2D eigenvalue weighted by molar-refractivity contribution is 5.17. The van der Waals surface area contributed by atoms with Crippen LogP contribution in [0.25, 0.3) is 0 Å². The minimum absolute atomic E-state index is 0.101. The van der Waals surface area contributed by atoms with E-state index in [1.807, 2.05) is 12.1 Å². The zero-order valence-electron chi connectivity index (χ0n) is 11.3. The van der Waals surface area contributed by atoms with Gasteiger partial charge < -0.3 is 10.2 Å². The van der Waals surface area contributed by atoms with Crippen molar-refractivity contribution in [1.29, 1.82) is 0 Å². The van der Waals surface area contributed by atoms with Gasteiger partial charge in [0, 0.05) is 24.7 Å². The SMILES string of the molecule is CCNC(CN(C)Cc1ccccc1F)C1CC1. The Balaban J connectivity index is 1.87. The van der Waals surface area contributed by atoms with Crippen LogP contribution >= 0.6 is 0 Å². The molecule has 1 aromatic rings. The third-order valence-corrected chi connectivity index (χ3v) is 3.56. The van der Waals surface area contributed by atoms with Gasteiger partial charge in [-0.2, -0.15) is 0 Å². The molecule has 2 rings (SSSR count). The van der Waals surface area contributed by atoms with E-state index in [2.05, 4.69) is 24.2 Å². The second-order valence-electron chi connectivity index (χ2n) is 5.29.